The van der Waals surface area contributed by atoms with E-state index in [-0.39, 0.29) is 23.4 Å². The van der Waals surface area contributed by atoms with Crippen molar-refractivity contribution < 1.29 is 4.79 Å². The van der Waals surface area contributed by atoms with E-state index in [0.717, 1.165) is 6.54 Å². The van der Waals surface area contributed by atoms with E-state index in [0.29, 0.717) is 0 Å². The van der Waals surface area contributed by atoms with E-state index in [9.17, 15) is 4.79 Å². The fourth-order valence-corrected chi connectivity index (χ4v) is 2.39. The Hall–Kier alpha value is -0.610. The predicted octanol–water partition coefficient (Wildman–Crippen LogP) is 0.912. The molecule has 0 unspecified atom stereocenters. The Kier molecular flexibility index (Phi) is 4.55. The van der Waals surface area contributed by atoms with Crippen molar-refractivity contribution >= 4 is 5.91 Å². The van der Waals surface area contributed by atoms with Gasteiger partial charge in [0.25, 0.3) is 0 Å². The molecule has 1 aliphatic carbocycles. The van der Waals surface area contributed by atoms with Crippen LogP contribution in [0.5, 0.6) is 0 Å². The molecule has 100 valence electrons. The number of hydrogen-bond donors (Lipinski definition) is 1. The Labute approximate surface area is 105 Å². The second kappa shape index (κ2) is 5.36. The first kappa shape index (κ1) is 14.5. The van der Waals surface area contributed by atoms with Crippen LogP contribution in [0.2, 0.25) is 0 Å². The Morgan fingerprint density at radius 1 is 1.29 bits per heavy atom. The van der Waals surface area contributed by atoms with E-state index in [1.807, 2.05) is 25.8 Å². The van der Waals surface area contributed by atoms with Gasteiger partial charge in [0.1, 0.15) is 0 Å². The third-order valence-electron chi connectivity index (χ3n) is 4.14. The molecule has 0 aliphatic heterocycles. The lowest BCUT2D eigenvalue weighted by atomic mass is 9.75. The first-order valence-corrected chi connectivity index (χ1v) is 6.48. The second-order valence-electron chi connectivity index (χ2n) is 5.94. The molecule has 1 amide bonds. The van der Waals surface area contributed by atoms with E-state index in [2.05, 4.69) is 19.0 Å². The zero-order chi connectivity index (χ0) is 13.2. The van der Waals surface area contributed by atoms with E-state index in [1.54, 1.807) is 0 Å². The Morgan fingerprint density at radius 2 is 1.82 bits per heavy atom. The topological polar surface area (TPSA) is 49.6 Å². The fraction of sp³-hybridized carbons (Fsp3) is 0.923. The average Bonchev–Trinajstić information content (AvgIpc) is 2.20. The van der Waals surface area contributed by atoms with Gasteiger partial charge in [0.2, 0.25) is 5.91 Å². The van der Waals surface area contributed by atoms with E-state index in [1.165, 1.54) is 19.3 Å². The number of nitrogens with two attached hydrogens (primary N) is 1. The van der Waals surface area contributed by atoms with Crippen LogP contribution in [0.4, 0.5) is 0 Å². The van der Waals surface area contributed by atoms with Crippen LogP contribution in [0.3, 0.4) is 0 Å². The van der Waals surface area contributed by atoms with Crippen LogP contribution in [0.1, 0.15) is 33.1 Å². The molecule has 0 aromatic rings. The second-order valence-corrected chi connectivity index (χ2v) is 5.94. The largest absolute Gasteiger partial charge is 0.343 e. The molecule has 1 atom stereocenters. The number of hydrogen-bond acceptors (Lipinski definition) is 3. The third-order valence-corrected chi connectivity index (χ3v) is 4.14. The van der Waals surface area contributed by atoms with E-state index >= 15 is 0 Å². The fourth-order valence-electron chi connectivity index (χ4n) is 2.39. The first-order valence-electron chi connectivity index (χ1n) is 6.48. The van der Waals surface area contributed by atoms with Gasteiger partial charge in [0.05, 0.1) is 6.04 Å². The number of carbonyl (C=O) groups is 1. The summed E-state index contributed by atoms with van der Waals surface area (Å²) < 4.78 is 0. The Balaban J connectivity index is 2.59. The van der Waals surface area contributed by atoms with Crippen molar-refractivity contribution in [2.24, 2.45) is 11.7 Å². The van der Waals surface area contributed by atoms with Crippen molar-refractivity contribution in [3.05, 3.63) is 0 Å². The number of likely N-dealkylation sites (N-methyl/N-ethyl adjacent to an activating group) is 2. The number of nitrogens with zero attached hydrogens (tertiary/aromatic N) is 2. The van der Waals surface area contributed by atoms with Crippen molar-refractivity contribution in [3.8, 4) is 0 Å². The monoisotopic (exact) mass is 241 g/mol. The van der Waals surface area contributed by atoms with Gasteiger partial charge in [-0.05, 0) is 39.3 Å². The molecule has 2 N–H and O–H groups in total. The molecule has 4 heteroatoms. The highest BCUT2D eigenvalue weighted by atomic mass is 16.2. The summed E-state index contributed by atoms with van der Waals surface area (Å²) in [7, 11) is 6.06. The minimum atomic E-state index is -0.376. The summed E-state index contributed by atoms with van der Waals surface area (Å²) in [5.41, 5.74) is 6.09. The van der Waals surface area contributed by atoms with Crippen molar-refractivity contribution in [1.29, 1.82) is 0 Å². The van der Waals surface area contributed by atoms with Crippen molar-refractivity contribution in [1.82, 2.24) is 9.80 Å². The molecule has 0 spiro atoms. The minimum Gasteiger partial charge on any atom is -0.343 e. The van der Waals surface area contributed by atoms with Gasteiger partial charge >= 0.3 is 0 Å². The minimum absolute atomic E-state index is 0.0631. The van der Waals surface area contributed by atoms with E-state index in [4.69, 9.17) is 5.73 Å². The SMILES string of the molecule is CC(C)[C@H](N)C(=O)N(C)CC1(N(C)C)CCC1. The molecule has 1 fully saturated rings. The van der Waals surface area contributed by atoms with Crippen LogP contribution in [-0.2, 0) is 4.79 Å². The van der Waals surface area contributed by atoms with Crippen LogP contribution in [0, 0.1) is 5.92 Å². The zero-order valence-corrected chi connectivity index (χ0v) is 11.9. The molecule has 0 aromatic carbocycles. The van der Waals surface area contributed by atoms with Crippen LogP contribution in [0.15, 0.2) is 0 Å². The van der Waals surface area contributed by atoms with Gasteiger partial charge in [-0.25, -0.2) is 0 Å². The highest BCUT2D eigenvalue weighted by Gasteiger charge is 2.41. The van der Waals surface area contributed by atoms with Gasteiger partial charge in [-0.15, -0.1) is 0 Å². The molecule has 17 heavy (non-hydrogen) atoms. The standard InChI is InChI=1S/C13H27N3O/c1-10(2)11(14)12(17)16(5)9-13(15(3)4)7-6-8-13/h10-11H,6-9,14H2,1-5H3/t11-/m0/s1. The molecule has 0 heterocycles. The molecule has 1 aliphatic rings. The maximum absolute atomic E-state index is 12.1. The normalized spacial score (nSPS) is 20.2. The van der Waals surface area contributed by atoms with Gasteiger partial charge in [0, 0.05) is 19.1 Å². The van der Waals surface area contributed by atoms with Gasteiger partial charge < -0.3 is 15.5 Å². The first-order chi connectivity index (χ1) is 7.80. The van der Waals surface area contributed by atoms with Crippen LogP contribution in [0.25, 0.3) is 0 Å². The predicted molar refractivity (Wildman–Crippen MR) is 70.7 cm³/mol. The maximum atomic E-state index is 12.1. The highest BCUT2D eigenvalue weighted by Crippen LogP contribution is 2.36. The van der Waals surface area contributed by atoms with Crippen molar-refractivity contribution in [3.63, 3.8) is 0 Å². The molecule has 1 rings (SSSR count). The Bertz CT molecular complexity index is 272. The average molecular weight is 241 g/mol. The summed E-state index contributed by atoms with van der Waals surface area (Å²) in [6.07, 6.45) is 3.61. The zero-order valence-electron chi connectivity index (χ0n) is 11.9. The van der Waals surface area contributed by atoms with Crippen LogP contribution in [-0.4, -0.2) is 55.0 Å². The summed E-state index contributed by atoms with van der Waals surface area (Å²) >= 11 is 0. The summed E-state index contributed by atoms with van der Waals surface area (Å²) in [5, 5.41) is 0. The van der Waals surface area contributed by atoms with Gasteiger partial charge in [0.15, 0.2) is 0 Å². The smallest absolute Gasteiger partial charge is 0.239 e. The van der Waals surface area contributed by atoms with Gasteiger partial charge in [-0.2, -0.15) is 0 Å². The van der Waals surface area contributed by atoms with Crippen LogP contribution >= 0.6 is 0 Å². The molecule has 1 saturated carbocycles. The third kappa shape index (κ3) is 2.99. The summed E-state index contributed by atoms with van der Waals surface area (Å²) in [6, 6.07) is -0.376. The number of rotatable bonds is 5. The molecular weight excluding hydrogens is 214 g/mol. The lowest BCUT2D eigenvalue weighted by Crippen LogP contribution is -2.59. The summed E-state index contributed by atoms with van der Waals surface area (Å²) in [5.74, 6) is 0.259. The lowest BCUT2D eigenvalue weighted by molar-refractivity contribution is -0.135. The molecule has 4 nitrogen and oxygen atoms in total. The van der Waals surface area contributed by atoms with Crippen molar-refractivity contribution in [2.75, 3.05) is 27.7 Å². The number of carbonyl (C=O) groups excluding carboxylic acids is 1. The molecule has 0 aromatic heterocycles. The molecule has 0 radical (unpaired) electrons. The highest BCUT2D eigenvalue weighted by molar-refractivity contribution is 5.81. The van der Waals surface area contributed by atoms with Crippen LogP contribution < -0.4 is 5.73 Å². The Morgan fingerprint density at radius 3 is 2.12 bits per heavy atom. The van der Waals surface area contributed by atoms with Gasteiger partial charge in [-0.3, -0.25) is 4.79 Å². The van der Waals surface area contributed by atoms with Crippen molar-refractivity contribution in [2.45, 2.75) is 44.7 Å². The van der Waals surface area contributed by atoms with Gasteiger partial charge in [-0.1, -0.05) is 13.8 Å². The number of amides is 1. The lowest BCUT2D eigenvalue weighted by Gasteiger charge is -2.49. The van der Waals surface area contributed by atoms with E-state index < -0.39 is 0 Å². The summed E-state index contributed by atoms with van der Waals surface area (Å²) in [6.45, 7) is 4.77. The quantitative estimate of drug-likeness (QED) is 0.778. The maximum Gasteiger partial charge on any atom is 0.239 e. The molecule has 0 bridgehead atoms. The molecule has 0 saturated heterocycles. The summed E-state index contributed by atoms with van der Waals surface area (Å²) in [4.78, 5) is 16.2. The molecular formula is C13H27N3O.